The quantitative estimate of drug-likeness (QED) is 0.356. The van der Waals surface area contributed by atoms with Gasteiger partial charge < -0.3 is 15.3 Å². The van der Waals surface area contributed by atoms with Crippen LogP contribution < -0.4 is 4.74 Å². The number of hydrogen-bond acceptors (Lipinski definition) is 7. The molecule has 0 aliphatic heterocycles. The first kappa shape index (κ1) is 26.3. The zero-order valence-electron chi connectivity index (χ0n) is 19.1. The lowest BCUT2D eigenvalue weighted by molar-refractivity contribution is -0.122. The third-order valence-electron chi connectivity index (χ3n) is 5.10. The monoisotopic (exact) mass is 476 g/mol. The predicted molar refractivity (Wildman–Crippen MR) is 125 cm³/mol. The van der Waals surface area contributed by atoms with E-state index in [1.165, 1.54) is 30.3 Å². The maximum absolute atomic E-state index is 13.8. The summed E-state index contributed by atoms with van der Waals surface area (Å²) in [5.41, 5.74) is 0.937. The molecular formula is C24H29FN2O5S. The average molecular weight is 477 g/mol. The van der Waals surface area contributed by atoms with E-state index in [0.29, 0.717) is 16.7 Å². The van der Waals surface area contributed by atoms with Crippen LogP contribution in [0.3, 0.4) is 0 Å². The largest absolute Gasteiger partial charge is 0.492 e. The van der Waals surface area contributed by atoms with Crippen molar-refractivity contribution in [1.82, 2.24) is 0 Å². The Hall–Kier alpha value is -2.91. The molecule has 2 aromatic carbocycles. The van der Waals surface area contributed by atoms with Crippen LogP contribution in [0.25, 0.3) is 0 Å². The second-order valence-electron chi connectivity index (χ2n) is 8.11. The Morgan fingerprint density at radius 2 is 1.70 bits per heavy atom. The zero-order valence-corrected chi connectivity index (χ0v) is 19.9. The fourth-order valence-corrected chi connectivity index (χ4v) is 4.34. The number of aryl methyl sites for hydroxylation is 1. The molecule has 2 rings (SSSR count). The van der Waals surface area contributed by atoms with Crippen molar-refractivity contribution in [2.24, 2.45) is 5.92 Å². The van der Waals surface area contributed by atoms with E-state index in [1.54, 1.807) is 33.8 Å². The lowest BCUT2D eigenvalue weighted by atomic mass is 9.96. The fourth-order valence-electron chi connectivity index (χ4n) is 3.08. The molecule has 2 aromatic rings. The van der Waals surface area contributed by atoms with Crippen LogP contribution in [0.1, 0.15) is 37.5 Å². The number of Topliss-reactive ketones (excluding diaryl/α,β-unsaturated/α-hetero) is 1. The molecule has 7 nitrogen and oxygen atoms in total. The van der Waals surface area contributed by atoms with E-state index in [4.69, 9.17) is 15.6 Å². The number of ether oxygens (including phenoxy) is 1. The van der Waals surface area contributed by atoms with Gasteiger partial charge in [-0.3, -0.25) is 10.2 Å². The lowest BCUT2D eigenvalue weighted by Gasteiger charge is -2.15. The second kappa shape index (κ2) is 10.8. The van der Waals surface area contributed by atoms with Gasteiger partial charge >= 0.3 is 0 Å². The molecule has 0 saturated heterocycles. The number of sulfone groups is 1. The van der Waals surface area contributed by atoms with Crippen LogP contribution in [-0.4, -0.2) is 42.8 Å². The topological polar surface area (TPSA) is 128 Å². The van der Waals surface area contributed by atoms with Crippen molar-refractivity contribution < 1.29 is 27.4 Å². The van der Waals surface area contributed by atoms with Crippen LogP contribution in [0.4, 0.5) is 4.39 Å². The molecule has 0 aromatic heterocycles. The van der Waals surface area contributed by atoms with Gasteiger partial charge in [0.25, 0.3) is 0 Å². The second-order valence-corrected chi connectivity index (χ2v) is 10.0. The van der Waals surface area contributed by atoms with E-state index < -0.39 is 32.6 Å². The van der Waals surface area contributed by atoms with Gasteiger partial charge in [-0.05, 0) is 54.7 Å². The first-order valence-corrected chi connectivity index (χ1v) is 12.0. The van der Waals surface area contributed by atoms with E-state index in [0.717, 1.165) is 0 Å². The van der Waals surface area contributed by atoms with Crippen LogP contribution in [0.15, 0.2) is 41.3 Å². The standard InChI is InChI=1S/C24H29FN2O5S/c1-5-32-20-12-17(11-19(26)24(29)23(28)14(2)3)8-9-21(20)33(30,31)22(27)13-16-7-6-15(4)18(25)10-16/h6-10,12,14,23,26-28H,5,11,13H2,1-4H3/t23-/m0/s1. The minimum atomic E-state index is -4.22. The molecule has 0 unspecified atom stereocenters. The molecule has 3 N–H and O–H groups in total. The van der Waals surface area contributed by atoms with Crippen LogP contribution in [0.2, 0.25) is 0 Å². The molecule has 33 heavy (non-hydrogen) atoms. The normalized spacial score (nSPS) is 12.5. The minimum absolute atomic E-state index is 0.000469. The molecule has 0 heterocycles. The highest BCUT2D eigenvalue weighted by atomic mass is 32.2. The summed E-state index contributed by atoms with van der Waals surface area (Å²) in [7, 11) is -4.22. The molecule has 0 radical (unpaired) electrons. The third kappa shape index (κ3) is 6.33. The van der Waals surface area contributed by atoms with Crippen molar-refractivity contribution in [3.63, 3.8) is 0 Å². The van der Waals surface area contributed by atoms with Crippen molar-refractivity contribution in [3.05, 3.63) is 58.9 Å². The molecule has 178 valence electrons. The van der Waals surface area contributed by atoms with Crippen LogP contribution in [0.5, 0.6) is 5.75 Å². The van der Waals surface area contributed by atoms with Gasteiger partial charge in [0.2, 0.25) is 15.6 Å². The van der Waals surface area contributed by atoms with Crippen LogP contribution >= 0.6 is 0 Å². The van der Waals surface area contributed by atoms with Gasteiger partial charge in [0, 0.05) is 12.8 Å². The number of benzene rings is 2. The number of nitrogens with one attached hydrogen (secondary N) is 2. The summed E-state index contributed by atoms with van der Waals surface area (Å²) in [6, 6.07) is 8.44. The molecule has 0 amide bonds. The Bertz CT molecular complexity index is 1180. The summed E-state index contributed by atoms with van der Waals surface area (Å²) in [5, 5.41) is 25.5. The SMILES string of the molecule is CCOc1cc(CC(=N)C(=O)[C@@H](O)C(C)C)ccc1S(=O)(=O)C(=N)Cc1ccc(C)c(F)c1. The summed E-state index contributed by atoms with van der Waals surface area (Å²) < 4.78 is 45.4. The number of rotatable bonds is 10. The number of ketones is 1. The van der Waals surface area contributed by atoms with Crippen molar-refractivity contribution in [2.45, 2.75) is 51.5 Å². The average Bonchev–Trinajstić information content (AvgIpc) is 2.75. The molecule has 0 aliphatic rings. The van der Waals surface area contributed by atoms with E-state index >= 15 is 0 Å². The Balaban J connectivity index is 2.31. The minimum Gasteiger partial charge on any atom is -0.492 e. The number of carbonyl (C=O) groups excluding carboxylic acids is 1. The van der Waals surface area contributed by atoms with Gasteiger partial charge in [-0.15, -0.1) is 0 Å². The summed E-state index contributed by atoms with van der Waals surface area (Å²) in [6.45, 7) is 6.76. The molecular weight excluding hydrogens is 447 g/mol. The number of halogens is 1. The van der Waals surface area contributed by atoms with Crippen LogP contribution in [0, 0.1) is 29.5 Å². The summed E-state index contributed by atoms with van der Waals surface area (Å²) >= 11 is 0. The van der Waals surface area contributed by atoms with Gasteiger partial charge in [-0.2, -0.15) is 0 Å². The first-order valence-electron chi connectivity index (χ1n) is 10.5. The van der Waals surface area contributed by atoms with Crippen LogP contribution in [-0.2, 0) is 27.5 Å². The molecule has 0 bridgehead atoms. The van der Waals surface area contributed by atoms with E-state index in [1.807, 2.05) is 0 Å². The maximum Gasteiger partial charge on any atom is 0.223 e. The number of carbonyl (C=O) groups is 1. The van der Waals surface area contributed by atoms with Crippen molar-refractivity contribution in [2.75, 3.05) is 6.61 Å². The van der Waals surface area contributed by atoms with E-state index in [9.17, 15) is 22.7 Å². The van der Waals surface area contributed by atoms with Gasteiger partial charge in [0.1, 0.15) is 27.6 Å². The first-order chi connectivity index (χ1) is 15.4. The maximum atomic E-state index is 13.8. The summed E-state index contributed by atoms with van der Waals surface area (Å²) in [6.07, 6.45) is -1.67. The number of hydrogen-bond donors (Lipinski definition) is 3. The highest BCUT2D eigenvalue weighted by molar-refractivity contribution is 8.06. The van der Waals surface area contributed by atoms with E-state index in [2.05, 4.69) is 0 Å². The Kier molecular flexibility index (Phi) is 8.63. The highest BCUT2D eigenvalue weighted by Crippen LogP contribution is 2.28. The predicted octanol–water partition coefficient (Wildman–Crippen LogP) is 3.67. The Morgan fingerprint density at radius 1 is 1.09 bits per heavy atom. The summed E-state index contributed by atoms with van der Waals surface area (Å²) in [4.78, 5) is 12.0. The molecule has 0 aliphatic carbocycles. The fraction of sp³-hybridized carbons (Fsp3) is 0.375. The smallest absolute Gasteiger partial charge is 0.223 e. The number of aliphatic hydroxyl groups is 1. The lowest BCUT2D eigenvalue weighted by Crippen LogP contribution is -2.33. The Morgan fingerprint density at radius 3 is 2.27 bits per heavy atom. The highest BCUT2D eigenvalue weighted by Gasteiger charge is 2.27. The van der Waals surface area contributed by atoms with E-state index in [-0.39, 0.29) is 41.7 Å². The van der Waals surface area contributed by atoms with Crippen molar-refractivity contribution >= 4 is 26.4 Å². The molecule has 0 fully saturated rings. The zero-order chi connectivity index (χ0) is 24.9. The molecule has 0 spiro atoms. The van der Waals surface area contributed by atoms with Gasteiger partial charge in [0.05, 0.1) is 12.3 Å². The molecule has 0 saturated carbocycles. The molecule has 9 heteroatoms. The van der Waals surface area contributed by atoms with Gasteiger partial charge in [0.15, 0.2) is 0 Å². The Labute approximate surface area is 193 Å². The van der Waals surface area contributed by atoms with Gasteiger partial charge in [-0.25, -0.2) is 12.8 Å². The van der Waals surface area contributed by atoms with Gasteiger partial charge in [-0.1, -0.05) is 32.0 Å². The molecule has 1 atom stereocenters. The number of aliphatic hydroxyl groups excluding tert-OH is 1. The van der Waals surface area contributed by atoms with Crippen molar-refractivity contribution in [3.8, 4) is 5.75 Å². The summed E-state index contributed by atoms with van der Waals surface area (Å²) in [5.74, 6) is -1.50. The third-order valence-corrected chi connectivity index (χ3v) is 6.81. The van der Waals surface area contributed by atoms with Crippen molar-refractivity contribution in [1.29, 1.82) is 10.8 Å².